The molecule has 0 unspecified atom stereocenters. The van der Waals surface area contributed by atoms with Crippen LogP contribution in [0.5, 0.6) is 0 Å². The van der Waals surface area contributed by atoms with Crippen LogP contribution < -0.4 is 0 Å². The summed E-state index contributed by atoms with van der Waals surface area (Å²) in [5.41, 5.74) is 2.06. The largest absolute Gasteiger partial charge is 0.304 e. The first kappa shape index (κ1) is 13.5. The van der Waals surface area contributed by atoms with Gasteiger partial charge in [0.25, 0.3) is 0 Å². The summed E-state index contributed by atoms with van der Waals surface area (Å²) in [7, 11) is 2.16. The fraction of sp³-hybridized carbons (Fsp3) is 0.600. The average molecular weight is 250 g/mol. The maximum absolute atomic E-state index is 13.6. The van der Waals surface area contributed by atoms with Gasteiger partial charge in [0.05, 0.1) is 0 Å². The Morgan fingerprint density at radius 1 is 1.17 bits per heavy atom. The first-order valence-electron chi connectivity index (χ1n) is 6.75. The molecule has 1 aliphatic heterocycles. The van der Waals surface area contributed by atoms with Crippen molar-refractivity contribution in [3.63, 3.8) is 0 Å². The van der Waals surface area contributed by atoms with E-state index in [0.29, 0.717) is 0 Å². The van der Waals surface area contributed by atoms with Crippen LogP contribution in [0.2, 0.25) is 0 Å². The Bertz CT molecular complexity index is 395. The Morgan fingerprint density at radius 3 is 2.44 bits per heavy atom. The summed E-state index contributed by atoms with van der Waals surface area (Å²) < 4.78 is 13.6. The van der Waals surface area contributed by atoms with E-state index in [4.69, 9.17) is 0 Å². The van der Waals surface area contributed by atoms with Crippen LogP contribution in [-0.2, 0) is 6.54 Å². The molecule has 0 aliphatic carbocycles. The van der Waals surface area contributed by atoms with E-state index >= 15 is 0 Å². The summed E-state index contributed by atoms with van der Waals surface area (Å²) in [5.74, 6) is 0.171. The molecule has 1 fully saturated rings. The van der Waals surface area contributed by atoms with E-state index in [1.165, 1.54) is 5.56 Å². The Balaban J connectivity index is 2.03. The van der Waals surface area contributed by atoms with Gasteiger partial charge < -0.3 is 4.90 Å². The second-order valence-corrected chi connectivity index (χ2v) is 5.59. The SMILES string of the molecule is CC(C)c1cc(CN2CCN(C)CC2)ccc1F. The zero-order valence-electron chi connectivity index (χ0n) is 11.6. The summed E-state index contributed by atoms with van der Waals surface area (Å²) in [6.07, 6.45) is 0. The van der Waals surface area contributed by atoms with E-state index in [0.717, 1.165) is 38.3 Å². The molecule has 3 heteroatoms. The highest BCUT2D eigenvalue weighted by atomic mass is 19.1. The molecule has 0 bridgehead atoms. The van der Waals surface area contributed by atoms with Gasteiger partial charge in [-0.3, -0.25) is 4.90 Å². The smallest absolute Gasteiger partial charge is 0.126 e. The number of likely N-dealkylation sites (N-methyl/N-ethyl adjacent to an activating group) is 1. The van der Waals surface area contributed by atoms with Crippen LogP contribution in [0.3, 0.4) is 0 Å². The lowest BCUT2D eigenvalue weighted by molar-refractivity contribution is 0.148. The Hall–Kier alpha value is -0.930. The van der Waals surface area contributed by atoms with Gasteiger partial charge in [0.15, 0.2) is 0 Å². The topological polar surface area (TPSA) is 6.48 Å². The van der Waals surface area contributed by atoms with Gasteiger partial charge in [0, 0.05) is 32.7 Å². The molecule has 1 aromatic rings. The normalized spacial score (nSPS) is 18.5. The Labute approximate surface area is 109 Å². The third-order valence-electron chi connectivity index (χ3n) is 3.68. The van der Waals surface area contributed by atoms with E-state index in [-0.39, 0.29) is 11.7 Å². The molecule has 1 saturated heterocycles. The molecular weight excluding hydrogens is 227 g/mol. The van der Waals surface area contributed by atoms with Gasteiger partial charge in [0.1, 0.15) is 5.82 Å². The summed E-state index contributed by atoms with van der Waals surface area (Å²) in [5, 5.41) is 0. The maximum atomic E-state index is 13.6. The van der Waals surface area contributed by atoms with Crippen LogP contribution in [0.25, 0.3) is 0 Å². The number of benzene rings is 1. The van der Waals surface area contributed by atoms with Gasteiger partial charge in [-0.2, -0.15) is 0 Å². The third-order valence-corrected chi connectivity index (χ3v) is 3.68. The molecule has 0 atom stereocenters. The minimum Gasteiger partial charge on any atom is -0.304 e. The Kier molecular flexibility index (Phi) is 4.36. The number of piperazine rings is 1. The molecule has 0 N–H and O–H groups in total. The molecule has 2 nitrogen and oxygen atoms in total. The zero-order chi connectivity index (χ0) is 13.1. The van der Waals surface area contributed by atoms with Crippen molar-refractivity contribution in [1.29, 1.82) is 0 Å². The van der Waals surface area contributed by atoms with Crippen molar-refractivity contribution in [3.05, 3.63) is 35.1 Å². The van der Waals surface area contributed by atoms with Gasteiger partial charge in [0.2, 0.25) is 0 Å². The van der Waals surface area contributed by atoms with Crippen molar-refractivity contribution >= 4 is 0 Å². The number of halogens is 1. The fourth-order valence-electron chi connectivity index (χ4n) is 2.40. The van der Waals surface area contributed by atoms with Gasteiger partial charge in [-0.1, -0.05) is 26.0 Å². The molecule has 1 heterocycles. The molecule has 0 aromatic heterocycles. The predicted octanol–water partition coefficient (Wildman–Crippen LogP) is 2.70. The fourth-order valence-corrected chi connectivity index (χ4v) is 2.40. The second-order valence-electron chi connectivity index (χ2n) is 5.59. The molecule has 0 spiro atoms. The number of hydrogen-bond acceptors (Lipinski definition) is 2. The highest BCUT2D eigenvalue weighted by molar-refractivity contribution is 5.27. The molecule has 18 heavy (non-hydrogen) atoms. The third kappa shape index (κ3) is 3.30. The molecule has 0 saturated carbocycles. The molecule has 2 rings (SSSR count). The first-order chi connectivity index (χ1) is 8.56. The second kappa shape index (κ2) is 5.81. The van der Waals surface area contributed by atoms with Crippen LogP contribution in [0.4, 0.5) is 4.39 Å². The molecule has 1 aliphatic rings. The lowest BCUT2D eigenvalue weighted by Gasteiger charge is -2.32. The van der Waals surface area contributed by atoms with Crippen molar-refractivity contribution in [2.75, 3.05) is 33.2 Å². The summed E-state index contributed by atoms with van der Waals surface area (Å²) in [6, 6.07) is 5.55. The molecule has 0 amide bonds. The van der Waals surface area contributed by atoms with Crippen molar-refractivity contribution in [2.45, 2.75) is 26.3 Å². The number of rotatable bonds is 3. The van der Waals surface area contributed by atoms with E-state index in [9.17, 15) is 4.39 Å². The summed E-state index contributed by atoms with van der Waals surface area (Å²) in [4.78, 5) is 4.79. The minimum atomic E-state index is -0.0767. The molecule has 0 radical (unpaired) electrons. The van der Waals surface area contributed by atoms with Crippen LogP contribution in [-0.4, -0.2) is 43.0 Å². The highest BCUT2D eigenvalue weighted by Gasteiger charge is 2.15. The monoisotopic (exact) mass is 250 g/mol. The van der Waals surface area contributed by atoms with E-state index in [2.05, 4.69) is 16.8 Å². The number of hydrogen-bond donors (Lipinski definition) is 0. The summed E-state index contributed by atoms with van der Waals surface area (Å²) in [6.45, 7) is 9.47. The lowest BCUT2D eigenvalue weighted by Crippen LogP contribution is -2.43. The van der Waals surface area contributed by atoms with E-state index in [1.807, 2.05) is 26.0 Å². The predicted molar refractivity (Wildman–Crippen MR) is 73.3 cm³/mol. The van der Waals surface area contributed by atoms with Crippen LogP contribution in [0.1, 0.15) is 30.9 Å². The standard InChI is InChI=1S/C15H23FN2/c1-12(2)14-10-13(4-5-15(14)16)11-18-8-6-17(3)7-9-18/h4-5,10,12H,6-9,11H2,1-3H3. The van der Waals surface area contributed by atoms with Gasteiger partial charge >= 0.3 is 0 Å². The van der Waals surface area contributed by atoms with E-state index < -0.39 is 0 Å². The van der Waals surface area contributed by atoms with Gasteiger partial charge in [-0.25, -0.2) is 4.39 Å². The maximum Gasteiger partial charge on any atom is 0.126 e. The van der Waals surface area contributed by atoms with Crippen molar-refractivity contribution < 1.29 is 4.39 Å². The van der Waals surface area contributed by atoms with Gasteiger partial charge in [-0.05, 0) is 30.2 Å². The van der Waals surface area contributed by atoms with Gasteiger partial charge in [-0.15, -0.1) is 0 Å². The highest BCUT2D eigenvalue weighted by Crippen LogP contribution is 2.20. The number of nitrogens with zero attached hydrogens (tertiary/aromatic N) is 2. The Morgan fingerprint density at radius 2 is 1.83 bits per heavy atom. The first-order valence-corrected chi connectivity index (χ1v) is 6.75. The molecular formula is C15H23FN2. The van der Waals surface area contributed by atoms with Crippen LogP contribution in [0, 0.1) is 5.82 Å². The van der Waals surface area contributed by atoms with Crippen molar-refractivity contribution in [1.82, 2.24) is 9.80 Å². The summed E-state index contributed by atoms with van der Waals surface area (Å²) >= 11 is 0. The van der Waals surface area contributed by atoms with Crippen molar-refractivity contribution in [2.24, 2.45) is 0 Å². The van der Waals surface area contributed by atoms with E-state index in [1.54, 1.807) is 6.07 Å². The quantitative estimate of drug-likeness (QED) is 0.814. The van der Waals surface area contributed by atoms with Crippen LogP contribution in [0.15, 0.2) is 18.2 Å². The zero-order valence-corrected chi connectivity index (χ0v) is 11.6. The lowest BCUT2D eigenvalue weighted by atomic mass is 10.00. The minimum absolute atomic E-state index is 0.0767. The molecule has 1 aromatic carbocycles. The van der Waals surface area contributed by atoms with Crippen molar-refractivity contribution in [3.8, 4) is 0 Å². The van der Waals surface area contributed by atoms with Crippen LogP contribution >= 0.6 is 0 Å². The molecule has 100 valence electrons. The average Bonchev–Trinajstić information content (AvgIpc) is 2.34.